The van der Waals surface area contributed by atoms with Crippen molar-refractivity contribution in [1.29, 1.82) is 0 Å². The summed E-state index contributed by atoms with van der Waals surface area (Å²) in [5, 5.41) is 0.560. The lowest BCUT2D eigenvalue weighted by atomic mass is 10.2. The van der Waals surface area contributed by atoms with Gasteiger partial charge in [-0.1, -0.05) is 42.1 Å². The second kappa shape index (κ2) is 5.19. The standard InChI is InChI=1S/C13H13NO2S/c1-9-10(2)16-13(14-9)17-8-12(15)11-6-4-3-5-7-11/h3-7H,8H2,1-2H3. The minimum atomic E-state index is 0.0871. The fourth-order valence-corrected chi connectivity index (χ4v) is 2.15. The third-order valence-electron chi connectivity index (χ3n) is 2.43. The van der Waals surface area contributed by atoms with Crippen molar-refractivity contribution in [1.82, 2.24) is 4.98 Å². The number of aromatic nitrogens is 1. The molecule has 2 aromatic rings. The minimum absolute atomic E-state index is 0.0871. The molecule has 0 aliphatic heterocycles. The fourth-order valence-electron chi connectivity index (χ4n) is 1.34. The molecular weight excluding hydrogens is 234 g/mol. The number of hydrogen-bond donors (Lipinski definition) is 0. The molecule has 0 saturated carbocycles. The molecule has 0 spiro atoms. The van der Waals surface area contributed by atoms with Crippen LogP contribution in [0.4, 0.5) is 0 Å². The summed E-state index contributed by atoms with van der Waals surface area (Å²) in [4.78, 5) is 16.0. The fraction of sp³-hybridized carbons (Fsp3) is 0.231. The topological polar surface area (TPSA) is 43.1 Å². The second-order valence-corrected chi connectivity index (χ2v) is 4.63. The van der Waals surface area contributed by atoms with Crippen molar-refractivity contribution in [2.24, 2.45) is 0 Å². The van der Waals surface area contributed by atoms with Gasteiger partial charge in [0.05, 0.1) is 11.4 Å². The molecular formula is C13H13NO2S. The van der Waals surface area contributed by atoms with Crippen LogP contribution < -0.4 is 0 Å². The van der Waals surface area contributed by atoms with E-state index >= 15 is 0 Å². The molecule has 0 amide bonds. The van der Waals surface area contributed by atoms with Gasteiger partial charge in [-0.25, -0.2) is 4.98 Å². The average Bonchev–Trinajstić information content (AvgIpc) is 2.67. The maximum atomic E-state index is 11.8. The van der Waals surface area contributed by atoms with Crippen LogP contribution in [0.25, 0.3) is 0 Å². The maximum absolute atomic E-state index is 11.8. The third kappa shape index (κ3) is 2.97. The molecule has 17 heavy (non-hydrogen) atoms. The zero-order chi connectivity index (χ0) is 12.3. The first-order valence-corrected chi connectivity index (χ1v) is 6.30. The Kier molecular flexibility index (Phi) is 3.64. The van der Waals surface area contributed by atoms with Gasteiger partial charge in [-0.15, -0.1) is 0 Å². The quantitative estimate of drug-likeness (QED) is 0.614. The Morgan fingerprint density at radius 2 is 2.00 bits per heavy atom. The Hall–Kier alpha value is -1.55. The number of rotatable bonds is 4. The Bertz CT molecular complexity index is 500. The molecule has 0 saturated heterocycles. The Morgan fingerprint density at radius 3 is 2.59 bits per heavy atom. The van der Waals surface area contributed by atoms with Crippen LogP contribution in [0.1, 0.15) is 21.8 Å². The van der Waals surface area contributed by atoms with Crippen LogP contribution in [-0.2, 0) is 0 Å². The summed E-state index contributed by atoms with van der Waals surface area (Å²) in [6.45, 7) is 3.76. The van der Waals surface area contributed by atoms with Crippen molar-refractivity contribution in [2.45, 2.75) is 19.1 Å². The van der Waals surface area contributed by atoms with Crippen LogP contribution in [0.5, 0.6) is 0 Å². The Morgan fingerprint density at radius 1 is 1.29 bits per heavy atom. The van der Waals surface area contributed by atoms with Gasteiger partial charge in [-0.2, -0.15) is 0 Å². The molecule has 0 atom stereocenters. The number of carbonyl (C=O) groups excluding carboxylic acids is 1. The predicted molar refractivity (Wildman–Crippen MR) is 67.5 cm³/mol. The third-order valence-corrected chi connectivity index (χ3v) is 3.26. The van der Waals surface area contributed by atoms with E-state index in [1.807, 2.05) is 44.2 Å². The summed E-state index contributed by atoms with van der Waals surface area (Å²) in [6.07, 6.45) is 0. The van der Waals surface area contributed by atoms with E-state index in [2.05, 4.69) is 4.98 Å². The number of benzene rings is 1. The van der Waals surface area contributed by atoms with Gasteiger partial charge in [0.25, 0.3) is 5.22 Å². The highest BCUT2D eigenvalue weighted by Crippen LogP contribution is 2.21. The number of nitrogens with zero attached hydrogens (tertiary/aromatic N) is 1. The van der Waals surface area contributed by atoms with E-state index in [9.17, 15) is 4.79 Å². The molecule has 2 rings (SSSR count). The van der Waals surface area contributed by atoms with Crippen LogP contribution in [0, 0.1) is 13.8 Å². The molecule has 0 unspecified atom stereocenters. The maximum Gasteiger partial charge on any atom is 0.256 e. The molecule has 1 aromatic heterocycles. The van der Waals surface area contributed by atoms with Gasteiger partial charge in [0.2, 0.25) is 0 Å². The first-order chi connectivity index (χ1) is 8.16. The van der Waals surface area contributed by atoms with E-state index in [4.69, 9.17) is 4.42 Å². The van der Waals surface area contributed by atoms with Gasteiger partial charge in [0.1, 0.15) is 5.76 Å². The normalized spacial score (nSPS) is 10.5. The molecule has 1 aromatic carbocycles. The van der Waals surface area contributed by atoms with Crippen molar-refractivity contribution < 1.29 is 9.21 Å². The first kappa shape index (κ1) is 11.9. The number of oxazole rings is 1. The van der Waals surface area contributed by atoms with Crippen LogP contribution >= 0.6 is 11.8 Å². The van der Waals surface area contributed by atoms with E-state index in [-0.39, 0.29) is 5.78 Å². The summed E-state index contributed by atoms with van der Waals surface area (Å²) in [7, 11) is 0. The van der Waals surface area contributed by atoms with Crippen molar-refractivity contribution in [3.05, 3.63) is 47.3 Å². The molecule has 0 fully saturated rings. The molecule has 0 N–H and O–H groups in total. The van der Waals surface area contributed by atoms with E-state index < -0.39 is 0 Å². The van der Waals surface area contributed by atoms with Gasteiger partial charge in [0, 0.05) is 5.56 Å². The molecule has 3 nitrogen and oxygen atoms in total. The molecule has 1 heterocycles. The minimum Gasteiger partial charge on any atom is -0.437 e. The van der Waals surface area contributed by atoms with Gasteiger partial charge < -0.3 is 4.42 Å². The van der Waals surface area contributed by atoms with Crippen molar-refractivity contribution in [2.75, 3.05) is 5.75 Å². The second-order valence-electron chi connectivity index (χ2n) is 3.70. The van der Waals surface area contributed by atoms with Crippen LogP contribution in [0.15, 0.2) is 40.0 Å². The average molecular weight is 247 g/mol. The zero-order valence-electron chi connectivity index (χ0n) is 9.77. The van der Waals surface area contributed by atoms with Crippen LogP contribution in [0.3, 0.4) is 0 Å². The summed E-state index contributed by atoms with van der Waals surface area (Å²) < 4.78 is 5.40. The van der Waals surface area contributed by atoms with E-state index in [0.717, 1.165) is 17.0 Å². The predicted octanol–water partition coefficient (Wildman–Crippen LogP) is 3.27. The molecule has 0 radical (unpaired) electrons. The van der Waals surface area contributed by atoms with Gasteiger partial charge in [-0.3, -0.25) is 4.79 Å². The van der Waals surface area contributed by atoms with Crippen LogP contribution in [-0.4, -0.2) is 16.5 Å². The van der Waals surface area contributed by atoms with E-state index in [1.54, 1.807) is 0 Å². The van der Waals surface area contributed by atoms with E-state index in [1.165, 1.54) is 11.8 Å². The number of thioether (sulfide) groups is 1. The summed E-state index contributed by atoms with van der Waals surface area (Å²) in [5.74, 6) is 1.24. The monoisotopic (exact) mass is 247 g/mol. The lowest BCUT2D eigenvalue weighted by molar-refractivity contribution is 0.102. The lowest BCUT2D eigenvalue weighted by Crippen LogP contribution is -2.01. The molecule has 0 bridgehead atoms. The number of ketones is 1. The number of Topliss-reactive ketones (excluding diaryl/α,β-unsaturated/α-hetero) is 1. The lowest BCUT2D eigenvalue weighted by Gasteiger charge is -1.97. The number of aryl methyl sites for hydroxylation is 2. The smallest absolute Gasteiger partial charge is 0.256 e. The van der Waals surface area contributed by atoms with Crippen molar-refractivity contribution in [3.8, 4) is 0 Å². The molecule has 88 valence electrons. The van der Waals surface area contributed by atoms with E-state index in [0.29, 0.717) is 11.0 Å². The summed E-state index contributed by atoms with van der Waals surface area (Å²) in [5.41, 5.74) is 1.60. The number of carbonyl (C=O) groups is 1. The Balaban J connectivity index is 1.97. The highest BCUT2D eigenvalue weighted by atomic mass is 32.2. The molecule has 4 heteroatoms. The largest absolute Gasteiger partial charge is 0.437 e. The first-order valence-electron chi connectivity index (χ1n) is 5.32. The number of hydrogen-bond acceptors (Lipinski definition) is 4. The van der Waals surface area contributed by atoms with Gasteiger partial charge in [0.15, 0.2) is 5.78 Å². The highest BCUT2D eigenvalue weighted by Gasteiger charge is 2.10. The Labute approximate surface area is 104 Å². The van der Waals surface area contributed by atoms with Gasteiger partial charge in [-0.05, 0) is 13.8 Å². The van der Waals surface area contributed by atoms with Crippen molar-refractivity contribution in [3.63, 3.8) is 0 Å². The highest BCUT2D eigenvalue weighted by molar-refractivity contribution is 7.99. The SMILES string of the molecule is Cc1nc(SCC(=O)c2ccccc2)oc1C. The summed E-state index contributed by atoms with van der Waals surface area (Å²) in [6, 6.07) is 9.24. The summed E-state index contributed by atoms with van der Waals surface area (Å²) >= 11 is 1.33. The van der Waals surface area contributed by atoms with Crippen molar-refractivity contribution >= 4 is 17.5 Å². The van der Waals surface area contributed by atoms with Gasteiger partial charge >= 0.3 is 0 Å². The molecule has 0 aliphatic carbocycles. The molecule has 0 aliphatic rings. The zero-order valence-corrected chi connectivity index (χ0v) is 10.6. The van der Waals surface area contributed by atoms with Crippen LogP contribution in [0.2, 0.25) is 0 Å².